The van der Waals surface area contributed by atoms with Gasteiger partial charge in [-0.2, -0.15) is 4.99 Å². The van der Waals surface area contributed by atoms with Gasteiger partial charge in [0.15, 0.2) is 0 Å². The van der Waals surface area contributed by atoms with Crippen molar-refractivity contribution < 1.29 is 9.53 Å². The number of amides is 1. The van der Waals surface area contributed by atoms with E-state index < -0.39 is 6.09 Å². The highest BCUT2D eigenvalue weighted by molar-refractivity contribution is 5.84. The van der Waals surface area contributed by atoms with Crippen molar-refractivity contribution in [3.8, 4) is 0 Å². The van der Waals surface area contributed by atoms with Crippen LogP contribution in [0.2, 0.25) is 0 Å². The Balaban J connectivity index is 1.57. The minimum absolute atomic E-state index is 0.198. The number of ether oxygens (including phenoxy) is 1. The van der Waals surface area contributed by atoms with Gasteiger partial charge in [0.1, 0.15) is 6.61 Å². The molecule has 1 heterocycles. The van der Waals surface area contributed by atoms with Gasteiger partial charge in [0, 0.05) is 23.3 Å². The van der Waals surface area contributed by atoms with Gasteiger partial charge in [0.25, 0.3) is 0 Å². The Morgan fingerprint density at radius 1 is 1.16 bits per heavy atom. The Labute approximate surface area is 147 Å². The summed E-state index contributed by atoms with van der Waals surface area (Å²) in [6.07, 6.45) is 4.97. The molecule has 0 aliphatic heterocycles. The second-order valence-corrected chi connectivity index (χ2v) is 6.05. The van der Waals surface area contributed by atoms with Crippen molar-refractivity contribution in [2.24, 2.45) is 10.9 Å². The summed E-state index contributed by atoms with van der Waals surface area (Å²) in [5, 5.41) is 1.22. The van der Waals surface area contributed by atoms with Gasteiger partial charge in [-0.15, -0.1) is 0 Å². The van der Waals surface area contributed by atoms with Crippen molar-refractivity contribution in [3.05, 3.63) is 71.9 Å². The third kappa shape index (κ3) is 4.57. The number of rotatable bonds is 6. The van der Waals surface area contributed by atoms with E-state index in [0.717, 1.165) is 23.9 Å². The van der Waals surface area contributed by atoms with Gasteiger partial charge in [-0.3, -0.25) is 0 Å². The zero-order valence-electron chi connectivity index (χ0n) is 14.3. The first kappa shape index (κ1) is 17.0. The zero-order chi connectivity index (χ0) is 17.5. The molecule has 25 heavy (non-hydrogen) atoms. The summed E-state index contributed by atoms with van der Waals surface area (Å²) in [7, 11) is 0. The molecule has 4 heteroatoms. The van der Waals surface area contributed by atoms with E-state index in [0.29, 0.717) is 0 Å². The van der Waals surface area contributed by atoms with Crippen molar-refractivity contribution >= 4 is 23.2 Å². The molecule has 3 aromatic rings. The lowest BCUT2D eigenvalue weighted by Gasteiger charge is -2.08. The molecule has 0 radical (unpaired) electrons. The third-order valence-electron chi connectivity index (χ3n) is 4.28. The number of hydrogen-bond donors (Lipinski definition) is 1. The molecular formula is C21H22N2O2. The molecule has 2 aromatic carbocycles. The largest absolute Gasteiger partial charge is 0.443 e. The monoisotopic (exact) mass is 334 g/mol. The Morgan fingerprint density at radius 2 is 1.92 bits per heavy atom. The van der Waals surface area contributed by atoms with E-state index in [1.165, 1.54) is 10.9 Å². The fourth-order valence-corrected chi connectivity index (χ4v) is 2.81. The van der Waals surface area contributed by atoms with E-state index in [-0.39, 0.29) is 12.5 Å². The number of para-hydroxylation sites is 1. The van der Waals surface area contributed by atoms with Crippen LogP contribution in [0.25, 0.3) is 10.9 Å². The molecule has 1 aromatic heterocycles. The molecule has 0 aliphatic carbocycles. The quantitative estimate of drug-likeness (QED) is 0.634. The van der Waals surface area contributed by atoms with Crippen LogP contribution in [0.3, 0.4) is 0 Å². The summed E-state index contributed by atoms with van der Waals surface area (Å²) in [5.41, 5.74) is 3.33. The topological polar surface area (TPSA) is 54.4 Å². The zero-order valence-corrected chi connectivity index (χ0v) is 14.3. The molecule has 1 atom stereocenters. The van der Waals surface area contributed by atoms with Gasteiger partial charge in [-0.05, 0) is 36.0 Å². The number of nitrogens with one attached hydrogen (secondary N) is 1. The lowest BCUT2D eigenvalue weighted by Crippen LogP contribution is -2.07. The van der Waals surface area contributed by atoms with Crippen molar-refractivity contribution in [1.82, 2.24) is 4.98 Å². The maximum Gasteiger partial charge on any atom is 0.433 e. The summed E-state index contributed by atoms with van der Waals surface area (Å²) < 4.78 is 5.19. The van der Waals surface area contributed by atoms with Crippen LogP contribution < -0.4 is 0 Å². The molecule has 0 spiro atoms. The summed E-state index contributed by atoms with van der Waals surface area (Å²) in [6.45, 7) is 2.34. The van der Waals surface area contributed by atoms with Crippen LogP contribution in [0.15, 0.2) is 65.8 Å². The average Bonchev–Trinajstić information content (AvgIpc) is 3.07. The highest BCUT2D eigenvalue weighted by Gasteiger charge is 2.10. The second kappa shape index (κ2) is 8.29. The van der Waals surface area contributed by atoms with Crippen molar-refractivity contribution in [1.29, 1.82) is 0 Å². The van der Waals surface area contributed by atoms with Crippen LogP contribution in [0.1, 0.15) is 24.5 Å². The molecule has 0 bridgehead atoms. The SMILES string of the molecule is CCC(C=NC(=O)OCc1ccccc1)Cc1c[nH]c2ccccc12. The maximum atomic E-state index is 11.8. The van der Waals surface area contributed by atoms with E-state index in [1.807, 2.05) is 48.7 Å². The van der Waals surface area contributed by atoms with Gasteiger partial charge in [-0.25, -0.2) is 4.79 Å². The number of aliphatic imine (C=N–C) groups is 1. The predicted octanol–water partition coefficient (Wildman–Crippen LogP) is 5.14. The van der Waals surface area contributed by atoms with Gasteiger partial charge in [-0.1, -0.05) is 55.5 Å². The summed E-state index contributed by atoms with van der Waals surface area (Å²) in [4.78, 5) is 19.1. The lowest BCUT2D eigenvalue weighted by molar-refractivity contribution is 0.151. The molecule has 1 N–H and O–H groups in total. The number of benzene rings is 2. The average molecular weight is 334 g/mol. The van der Waals surface area contributed by atoms with Crippen LogP contribution in [-0.4, -0.2) is 17.3 Å². The number of aromatic nitrogens is 1. The van der Waals surface area contributed by atoms with E-state index in [4.69, 9.17) is 4.74 Å². The molecule has 3 rings (SSSR count). The molecule has 4 nitrogen and oxygen atoms in total. The number of carbonyl (C=O) groups is 1. The lowest BCUT2D eigenvalue weighted by atomic mass is 9.98. The minimum atomic E-state index is -0.541. The van der Waals surface area contributed by atoms with Crippen molar-refractivity contribution in [2.45, 2.75) is 26.4 Å². The van der Waals surface area contributed by atoms with E-state index in [9.17, 15) is 4.79 Å². The van der Waals surface area contributed by atoms with Crippen LogP contribution in [0.4, 0.5) is 4.79 Å². The molecule has 0 saturated heterocycles. The molecular weight excluding hydrogens is 312 g/mol. The highest BCUT2D eigenvalue weighted by atomic mass is 16.5. The van der Waals surface area contributed by atoms with Gasteiger partial charge >= 0.3 is 6.09 Å². The van der Waals surface area contributed by atoms with Gasteiger partial charge in [0.2, 0.25) is 0 Å². The van der Waals surface area contributed by atoms with Crippen LogP contribution in [0.5, 0.6) is 0 Å². The first-order valence-electron chi connectivity index (χ1n) is 8.56. The van der Waals surface area contributed by atoms with E-state index in [1.54, 1.807) is 6.21 Å². The Bertz CT molecular complexity index is 852. The molecule has 1 unspecified atom stereocenters. The number of fused-ring (bicyclic) bond motifs is 1. The Hall–Kier alpha value is -2.88. The van der Waals surface area contributed by atoms with Gasteiger partial charge < -0.3 is 9.72 Å². The molecule has 0 fully saturated rings. The fraction of sp³-hybridized carbons (Fsp3) is 0.238. The molecule has 128 valence electrons. The highest BCUT2D eigenvalue weighted by Crippen LogP contribution is 2.21. The number of carbonyl (C=O) groups excluding carboxylic acids is 1. The fourth-order valence-electron chi connectivity index (χ4n) is 2.81. The second-order valence-electron chi connectivity index (χ2n) is 6.05. The number of hydrogen-bond acceptors (Lipinski definition) is 2. The van der Waals surface area contributed by atoms with Gasteiger partial charge in [0.05, 0.1) is 0 Å². The summed E-state index contributed by atoms with van der Waals surface area (Å²) in [6, 6.07) is 17.8. The molecule has 0 saturated carbocycles. The molecule has 0 aliphatic rings. The first-order chi connectivity index (χ1) is 12.3. The van der Waals surface area contributed by atoms with E-state index in [2.05, 4.69) is 29.0 Å². The number of aromatic amines is 1. The number of nitrogens with zero attached hydrogens (tertiary/aromatic N) is 1. The van der Waals surface area contributed by atoms with Crippen molar-refractivity contribution in [2.75, 3.05) is 0 Å². The summed E-state index contributed by atoms with van der Waals surface area (Å²) in [5.74, 6) is 0.198. The standard InChI is InChI=1S/C21H22N2O2/c1-2-16(12-18-14-22-20-11-7-6-10-19(18)20)13-23-21(24)25-15-17-8-4-3-5-9-17/h3-11,13-14,16,22H,2,12,15H2,1H3. The van der Waals surface area contributed by atoms with Crippen LogP contribution in [0, 0.1) is 5.92 Å². The Morgan fingerprint density at radius 3 is 2.72 bits per heavy atom. The van der Waals surface area contributed by atoms with E-state index >= 15 is 0 Å². The van der Waals surface area contributed by atoms with Crippen LogP contribution in [-0.2, 0) is 17.8 Å². The Kier molecular flexibility index (Phi) is 5.62. The third-order valence-corrected chi connectivity index (χ3v) is 4.28. The smallest absolute Gasteiger partial charge is 0.433 e. The number of H-pyrrole nitrogens is 1. The first-order valence-corrected chi connectivity index (χ1v) is 8.56. The normalized spacial score (nSPS) is 12.5. The minimum Gasteiger partial charge on any atom is -0.443 e. The van der Waals surface area contributed by atoms with Crippen molar-refractivity contribution in [3.63, 3.8) is 0 Å². The maximum absolute atomic E-state index is 11.8. The predicted molar refractivity (Wildman–Crippen MR) is 101 cm³/mol. The molecule has 1 amide bonds. The van der Waals surface area contributed by atoms with Crippen LogP contribution >= 0.6 is 0 Å². The summed E-state index contributed by atoms with van der Waals surface area (Å²) >= 11 is 0.